The summed E-state index contributed by atoms with van der Waals surface area (Å²) < 4.78 is 8.21. The Balaban J connectivity index is 1.22. The van der Waals surface area contributed by atoms with Gasteiger partial charge in [-0.15, -0.1) is 5.53 Å². The average molecular weight is 556 g/mol. The molecule has 8 nitrogen and oxygen atoms in total. The second-order valence-electron chi connectivity index (χ2n) is 11.9. The topological polar surface area (TPSA) is 91.7 Å². The predicted octanol–water partition coefficient (Wildman–Crippen LogP) is 6.51. The number of allylic oxidation sites excluding steroid dienone is 1. The molecule has 3 unspecified atom stereocenters. The molecule has 0 radical (unpaired) electrons. The summed E-state index contributed by atoms with van der Waals surface area (Å²) in [6.45, 7) is 3.05. The smallest absolute Gasteiger partial charge is 0.339 e. The maximum Gasteiger partial charge on any atom is 0.339 e. The summed E-state index contributed by atoms with van der Waals surface area (Å²) in [5.41, 5.74) is 11.3. The van der Waals surface area contributed by atoms with Crippen LogP contribution in [-0.4, -0.2) is 39.5 Å². The summed E-state index contributed by atoms with van der Waals surface area (Å²) in [4.78, 5) is 12.1. The van der Waals surface area contributed by atoms with Crippen molar-refractivity contribution in [2.75, 3.05) is 13.7 Å². The largest absolute Gasteiger partial charge is 0.493 e. The van der Waals surface area contributed by atoms with Gasteiger partial charge in [0.1, 0.15) is 11.3 Å². The second-order valence-corrected chi connectivity index (χ2v) is 11.9. The summed E-state index contributed by atoms with van der Waals surface area (Å²) in [5, 5.41) is 16.4. The van der Waals surface area contributed by atoms with Crippen molar-refractivity contribution < 1.29 is 14.6 Å². The van der Waals surface area contributed by atoms with Gasteiger partial charge in [-0.05, 0) is 60.1 Å². The van der Waals surface area contributed by atoms with Crippen LogP contribution in [0.1, 0.15) is 80.3 Å². The first-order valence-electron chi connectivity index (χ1n) is 15.1. The van der Waals surface area contributed by atoms with Crippen LogP contribution in [0.15, 0.2) is 66.6 Å². The highest BCUT2D eigenvalue weighted by Gasteiger charge is 2.46. The van der Waals surface area contributed by atoms with Gasteiger partial charge in [0.15, 0.2) is 0 Å². The molecule has 0 amide bonds. The fourth-order valence-corrected chi connectivity index (χ4v) is 6.76. The van der Waals surface area contributed by atoms with Gasteiger partial charge in [0, 0.05) is 30.8 Å². The number of carboxylic acids is 1. The molecule has 1 aromatic heterocycles. The molecule has 2 aromatic carbocycles. The summed E-state index contributed by atoms with van der Waals surface area (Å²) in [6, 6.07) is 16.5. The highest BCUT2D eigenvalue weighted by molar-refractivity contribution is 5.89. The summed E-state index contributed by atoms with van der Waals surface area (Å²) in [5.74, 6) is 1.66. The fourth-order valence-electron chi connectivity index (χ4n) is 6.76. The average Bonchev–Trinajstić information content (AvgIpc) is 3.44. The number of aromatic nitrogens is 2. The third-order valence-electron chi connectivity index (χ3n) is 8.99. The molecular weight excluding hydrogens is 514 g/mol. The molecule has 6 rings (SSSR count). The van der Waals surface area contributed by atoms with Crippen molar-refractivity contribution >= 4 is 5.97 Å². The number of aromatic carboxylic acids is 1. The Labute approximate surface area is 242 Å². The zero-order valence-corrected chi connectivity index (χ0v) is 24.1. The highest BCUT2D eigenvalue weighted by Crippen LogP contribution is 2.52. The normalized spacial score (nSPS) is 21.3. The molecule has 2 fully saturated rings. The van der Waals surface area contributed by atoms with Gasteiger partial charge in [0.05, 0.1) is 24.2 Å². The van der Waals surface area contributed by atoms with Crippen LogP contribution in [0.2, 0.25) is 0 Å². The van der Waals surface area contributed by atoms with Gasteiger partial charge in [-0.2, -0.15) is 5.10 Å². The molecule has 1 aliphatic heterocycles. The van der Waals surface area contributed by atoms with Crippen LogP contribution in [0.25, 0.3) is 16.8 Å². The Morgan fingerprint density at radius 2 is 1.88 bits per heavy atom. The maximum atomic E-state index is 12.1. The Kier molecular flexibility index (Phi) is 8.01. The molecule has 216 valence electrons. The van der Waals surface area contributed by atoms with E-state index >= 15 is 0 Å². The van der Waals surface area contributed by atoms with Gasteiger partial charge in [0.2, 0.25) is 0 Å². The van der Waals surface area contributed by atoms with Crippen molar-refractivity contribution in [1.29, 1.82) is 0 Å². The first-order chi connectivity index (χ1) is 20.0. The van der Waals surface area contributed by atoms with E-state index in [0.717, 1.165) is 52.9 Å². The quantitative estimate of drug-likeness (QED) is 0.248. The summed E-state index contributed by atoms with van der Waals surface area (Å²) in [6.07, 6.45) is 13.5. The molecule has 0 saturated heterocycles. The molecular formula is C33H41N5O3. The number of benzene rings is 2. The van der Waals surface area contributed by atoms with Gasteiger partial charge < -0.3 is 15.3 Å². The third kappa shape index (κ3) is 5.98. The van der Waals surface area contributed by atoms with Crippen LogP contribution in [0, 0.1) is 17.8 Å². The fraction of sp³-hybridized carbons (Fsp3) is 0.455. The van der Waals surface area contributed by atoms with E-state index in [1.165, 1.54) is 51.1 Å². The molecule has 8 heteroatoms. The maximum absolute atomic E-state index is 12.1. The third-order valence-corrected chi connectivity index (χ3v) is 8.99. The van der Waals surface area contributed by atoms with Crippen LogP contribution in [-0.2, 0) is 0 Å². The van der Waals surface area contributed by atoms with Crippen LogP contribution in [0.4, 0.5) is 0 Å². The Hall–Kier alpha value is -3.78. The van der Waals surface area contributed by atoms with E-state index in [-0.39, 0.29) is 17.4 Å². The van der Waals surface area contributed by atoms with Crippen molar-refractivity contribution in [3.8, 4) is 22.6 Å². The van der Waals surface area contributed by atoms with Crippen LogP contribution < -0.4 is 15.7 Å². The summed E-state index contributed by atoms with van der Waals surface area (Å²) in [7, 11) is 1.93. The second kappa shape index (κ2) is 12.0. The summed E-state index contributed by atoms with van der Waals surface area (Å²) >= 11 is 0. The first kappa shape index (κ1) is 27.4. The Morgan fingerprint density at radius 1 is 1.10 bits per heavy atom. The lowest BCUT2D eigenvalue weighted by Crippen LogP contribution is -2.33. The van der Waals surface area contributed by atoms with E-state index in [0.29, 0.717) is 5.92 Å². The highest BCUT2D eigenvalue weighted by atomic mass is 16.5. The first-order valence-corrected chi connectivity index (χ1v) is 15.1. The van der Waals surface area contributed by atoms with Gasteiger partial charge >= 0.3 is 5.97 Å². The molecule has 0 spiro atoms. The lowest BCUT2D eigenvalue weighted by atomic mass is 9.78. The van der Waals surface area contributed by atoms with Gasteiger partial charge in [-0.3, -0.25) is 5.01 Å². The molecule has 2 saturated carbocycles. The minimum atomic E-state index is -0.948. The lowest BCUT2D eigenvalue weighted by molar-refractivity contribution is 0.0695. The van der Waals surface area contributed by atoms with Crippen molar-refractivity contribution in [1.82, 2.24) is 25.7 Å². The number of nitrogens with one attached hydrogen (secondary N) is 2. The standard InChI is InChI=1S/C33H41N5O3/c1-3-9-25(22-10-5-4-6-11-22)21-41-27-15-8-13-24(17-27)23-12-7-14-26(16-23)38-32(30(19-34-38)33(39)40)29-18-28(29)31-20-37(2)36-35-31/h7-8,12-17,19-20,22,25,28-29,35-36H,3-6,9-11,18,21H2,1-2H3,(H,39,40). The SMILES string of the molecule is CCCC(COc1cccc(-c2cccc(-n3ncc(C(=O)O)c3C3CC3C3=CN(C)NN3)c2)c1)C1CCCCC1. The molecule has 3 aromatic rings. The van der Waals surface area contributed by atoms with Crippen LogP contribution in [0.3, 0.4) is 0 Å². The predicted molar refractivity (Wildman–Crippen MR) is 159 cm³/mol. The number of rotatable bonds is 11. The van der Waals surface area contributed by atoms with Crippen molar-refractivity contribution in [2.45, 2.75) is 64.2 Å². The number of ether oxygens (including phenoxy) is 1. The minimum Gasteiger partial charge on any atom is -0.493 e. The van der Waals surface area contributed by atoms with Crippen molar-refractivity contribution in [2.24, 2.45) is 17.8 Å². The van der Waals surface area contributed by atoms with E-state index in [4.69, 9.17) is 4.74 Å². The zero-order chi connectivity index (χ0) is 28.3. The number of hydrogen-bond acceptors (Lipinski definition) is 6. The van der Waals surface area contributed by atoms with Crippen molar-refractivity contribution in [3.63, 3.8) is 0 Å². The van der Waals surface area contributed by atoms with E-state index in [9.17, 15) is 9.90 Å². The lowest BCUT2D eigenvalue weighted by Gasteiger charge is -2.30. The zero-order valence-electron chi connectivity index (χ0n) is 24.1. The molecule has 3 aliphatic rings. The number of carbonyl (C=O) groups is 1. The van der Waals surface area contributed by atoms with E-state index in [1.807, 2.05) is 41.1 Å². The molecule has 3 N–H and O–H groups in total. The number of carboxylic acid groups (broad SMARTS) is 1. The Morgan fingerprint density at radius 3 is 2.61 bits per heavy atom. The monoisotopic (exact) mass is 555 g/mol. The molecule has 41 heavy (non-hydrogen) atoms. The Bertz CT molecular complexity index is 1410. The molecule has 2 aliphatic carbocycles. The molecule has 3 atom stereocenters. The van der Waals surface area contributed by atoms with Gasteiger partial charge in [0.25, 0.3) is 0 Å². The van der Waals surface area contributed by atoms with Gasteiger partial charge in [-0.25, -0.2) is 9.48 Å². The van der Waals surface area contributed by atoms with Gasteiger partial charge in [-0.1, -0.05) is 69.7 Å². The number of hydrazine groups is 2. The number of nitrogens with zero attached hydrogens (tertiary/aromatic N) is 3. The van der Waals surface area contributed by atoms with E-state index in [2.05, 4.69) is 53.3 Å². The van der Waals surface area contributed by atoms with E-state index in [1.54, 1.807) is 0 Å². The number of hydrogen-bond donors (Lipinski definition) is 3. The molecule has 0 bridgehead atoms. The van der Waals surface area contributed by atoms with Crippen LogP contribution >= 0.6 is 0 Å². The van der Waals surface area contributed by atoms with Crippen molar-refractivity contribution in [3.05, 3.63) is 77.9 Å². The minimum absolute atomic E-state index is 0.0799. The molecule has 2 heterocycles. The van der Waals surface area contributed by atoms with E-state index < -0.39 is 5.97 Å². The van der Waals surface area contributed by atoms with Crippen LogP contribution in [0.5, 0.6) is 5.75 Å².